The third-order valence-electron chi connectivity index (χ3n) is 3.64. The summed E-state index contributed by atoms with van der Waals surface area (Å²) in [5.41, 5.74) is 7.21. The quantitative estimate of drug-likeness (QED) is 0.890. The van der Waals surface area contributed by atoms with Crippen LogP contribution in [0.2, 0.25) is 0 Å². The van der Waals surface area contributed by atoms with Crippen LogP contribution in [0, 0.1) is 5.92 Å². The Morgan fingerprint density at radius 1 is 1.44 bits per heavy atom. The summed E-state index contributed by atoms with van der Waals surface area (Å²) in [6.45, 7) is 0. The predicted molar refractivity (Wildman–Crippen MR) is 72.7 cm³/mol. The van der Waals surface area contributed by atoms with Crippen molar-refractivity contribution in [2.75, 3.05) is 0 Å². The second-order valence-corrected chi connectivity index (χ2v) is 6.13. The number of hydrogen-bond acceptors (Lipinski definition) is 1. The molecule has 18 heavy (non-hydrogen) atoms. The molecule has 1 nitrogen and oxygen atoms in total. The molecule has 0 amide bonds. The highest BCUT2D eigenvalue weighted by molar-refractivity contribution is 9.10. The summed E-state index contributed by atoms with van der Waals surface area (Å²) in [6, 6.07) is 7.71. The van der Waals surface area contributed by atoms with Crippen molar-refractivity contribution in [2.45, 2.75) is 44.1 Å². The predicted octanol–water partition coefficient (Wildman–Crippen LogP) is 4.14. The molecule has 1 aliphatic carbocycles. The largest absolute Gasteiger partial charge is 0.327 e. The van der Waals surface area contributed by atoms with E-state index in [1.807, 2.05) is 24.3 Å². The van der Waals surface area contributed by atoms with Crippen molar-refractivity contribution in [1.82, 2.24) is 0 Å². The van der Waals surface area contributed by atoms with Crippen LogP contribution in [0.5, 0.6) is 0 Å². The average molecular weight is 318 g/mol. The molecule has 1 aromatic carbocycles. The molecule has 2 atom stereocenters. The molecule has 1 aliphatic rings. The van der Waals surface area contributed by atoms with Crippen molar-refractivity contribution in [1.29, 1.82) is 0 Å². The minimum Gasteiger partial charge on any atom is -0.327 e. The van der Waals surface area contributed by atoms with E-state index in [-0.39, 0.29) is 24.8 Å². The van der Waals surface area contributed by atoms with Gasteiger partial charge >= 0.3 is 0 Å². The molecule has 2 N–H and O–H groups in total. The van der Waals surface area contributed by atoms with E-state index in [0.717, 1.165) is 16.5 Å². The van der Waals surface area contributed by atoms with Gasteiger partial charge in [-0.3, -0.25) is 0 Å². The fourth-order valence-electron chi connectivity index (χ4n) is 2.68. The zero-order valence-corrected chi connectivity index (χ0v) is 11.8. The molecule has 2 unspecified atom stereocenters. The normalized spacial score (nSPS) is 24.8. The molecule has 1 fully saturated rings. The third-order valence-corrected chi connectivity index (χ3v) is 4.14. The van der Waals surface area contributed by atoms with Crippen molar-refractivity contribution in [2.24, 2.45) is 11.7 Å². The fraction of sp³-hybridized carbons (Fsp3) is 0.571. The van der Waals surface area contributed by atoms with Gasteiger partial charge in [0.1, 0.15) is 0 Å². The Morgan fingerprint density at radius 2 is 2.22 bits per heavy atom. The van der Waals surface area contributed by atoms with Gasteiger partial charge in [-0.25, -0.2) is 8.78 Å². The minimum absolute atomic E-state index is 0.0209. The van der Waals surface area contributed by atoms with Gasteiger partial charge in [0.05, 0.1) is 0 Å². The van der Waals surface area contributed by atoms with Crippen molar-refractivity contribution < 1.29 is 8.78 Å². The molecule has 100 valence electrons. The van der Waals surface area contributed by atoms with E-state index in [9.17, 15) is 8.78 Å². The molecule has 0 aliphatic heterocycles. The number of hydrogen-bond donors (Lipinski definition) is 1. The number of nitrogens with two attached hydrogens (primary N) is 1. The van der Waals surface area contributed by atoms with E-state index in [1.165, 1.54) is 0 Å². The first-order valence-electron chi connectivity index (χ1n) is 6.34. The topological polar surface area (TPSA) is 26.0 Å². The monoisotopic (exact) mass is 317 g/mol. The third kappa shape index (κ3) is 3.75. The van der Waals surface area contributed by atoms with E-state index in [4.69, 9.17) is 5.73 Å². The van der Waals surface area contributed by atoms with Crippen LogP contribution < -0.4 is 5.73 Å². The summed E-state index contributed by atoms with van der Waals surface area (Å²) in [4.78, 5) is 0. The molecule has 1 saturated carbocycles. The lowest BCUT2D eigenvalue weighted by atomic mass is 9.80. The van der Waals surface area contributed by atoms with Gasteiger partial charge < -0.3 is 5.73 Å². The van der Waals surface area contributed by atoms with Gasteiger partial charge in [-0.2, -0.15) is 0 Å². The van der Waals surface area contributed by atoms with Gasteiger partial charge in [0, 0.05) is 23.4 Å². The van der Waals surface area contributed by atoms with Gasteiger partial charge in [-0.1, -0.05) is 28.1 Å². The molecular weight excluding hydrogens is 300 g/mol. The van der Waals surface area contributed by atoms with Crippen molar-refractivity contribution >= 4 is 15.9 Å². The van der Waals surface area contributed by atoms with Crippen LogP contribution in [0.15, 0.2) is 28.7 Å². The minimum atomic E-state index is -2.52. The second-order valence-electron chi connectivity index (χ2n) is 5.21. The molecule has 1 aromatic rings. The zero-order chi connectivity index (χ0) is 13.2. The van der Waals surface area contributed by atoms with E-state index in [1.54, 1.807) is 0 Å². The summed E-state index contributed by atoms with van der Waals surface area (Å²) in [5, 5.41) is 0. The smallest absolute Gasteiger partial charge is 0.248 e. The molecule has 0 heterocycles. The summed E-state index contributed by atoms with van der Waals surface area (Å²) in [5.74, 6) is -2.58. The lowest BCUT2D eigenvalue weighted by molar-refractivity contribution is -0.0561. The zero-order valence-electron chi connectivity index (χ0n) is 10.2. The Kier molecular flexibility index (Phi) is 4.38. The number of benzene rings is 1. The lowest BCUT2D eigenvalue weighted by Gasteiger charge is -2.32. The number of rotatable bonds is 3. The second kappa shape index (κ2) is 5.66. The Labute approximate surface area is 115 Å². The van der Waals surface area contributed by atoms with Crippen molar-refractivity contribution in [3.8, 4) is 0 Å². The number of alkyl halides is 2. The van der Waals surface area contributed by atoms with E-state index < -0.39 is 5.92 Å². The van der Waals surface area contributed by atoms with Crippen LogP contribution >= 0.6 is 15.9 Å². The van der Waals surface area contributed by atoms with Gasteiger partial charge in [0.25, 0.3) is 0 Å². The molecule has 0 aromatic heterocycles. The van der Waals surface area contributed by atoms with Gasteiger partial charge in [0.2, 0.25) is 5.92 Å². The molecule has 0 bridgehead atoms. The lowest BCUT2D eigenvalue weighted by Crippen LogP contribution is -2.39. The fourth-order valence-corrected chi connectivity index (χ4v) is 3.13. The highest BCUT2D eigenvalue weighted by atomic mass is 79.9. The van der Waals surface area contributed by atoms with Crippen LogP contribution in [-0.2, 0) is 6.42 Å². The van der Waals surface area contributed by atoms with Crippen LogP contribution in [0.3, 0.4) is 0 Å². The summed E-state index contributed by atoms with van der Waals surface area (Å²) >= 11 is 3.41. The molecule has 0 saturated heterocycles. The first-order chi connectivity index (χ1) is 8.46. The highest BCUT2D eigenvalue weighted by Gasteiger charge is 2.38. The molecule has 2 rings (SSSR count). The Morgan fingerprint density at radius 3 is 2.89 bits per heavy atom. The van der Waals surface area contributed by atoms with Gasteiger partial charge in [-0.05, 0) is 42.9 Å². The first-order valence-corrected chi connectivity index (χ1v) is 7.13. The van der Waals surface area contributed by atoms with Crippen LogP contribution in [0.25, 0.3) is 0 Å². The molecular formula is C14H18BrF2N. The summed E-state index contributed by atoms with van der Waals surface area (Å²) in [7, 11) is 0. The standard InChI is InChI=1S/C14H18BrF2N/c15-12-5-1-3-10(7-12)8-13(18)11-4-2-6-14(16,17)9-11/h1,3,5,7,11,13H,2,4,6,8-9,18H2. The Bertz CT molecular complexity index is 409. The maximum absolute atomic E-state index is 13.4. The first kappa shape index (κ1) is 13.9. The molecule has 0 radical (unpaired) electrons. The van der Waals surface area contributed by atoms with Crippen molar-refractivity contribution in [3.63, 3.8) is 0 Å². The van der Waals surface area contributed by atoms with Crippen LogP contribution in [0.1, 0.15) is 31.2 Å². The molecule has 4 heteroatoms. The number of halogens is 3. The maximum atomic E-state index is 13.4. The highest BCUT2D eigenvalue weighted by Crippen LogP contribution is 2.38. The average Bonchev–Trinajstić information content (AvgIpc) is 2.27. The maximum Gasteiger partial charge on any atom is 0.248 e. The Hall–Kier alpha value is -0.480. The summed E-state index contributed by atoms with van der Waals surface area (Å²) in [6.07, 6.45) is 2.05. The van der Waals surface area contributed by atoms with E-state index >= 15 is 0 Å². The molecule has 0 spiro atoms. The van der Waals surface area contributed by atoms with Crippen LogP contribution in [0.4, 0.5) is 8.78 Å². The van der Waals surface area contributed by atoms with Gasteiger partial charge in [0.15, 0.2) is 0 Å². The summed E-state index contributed by atoms with van der Waals surface area (Å²) < 4.78 is 27.7. The van der Waals surface area contributed by atoms with Crippen molar-refractivity contribution in [3.05, 3.63) is 34.3 Å². The SMILES string of the molecule is NC(Cc1cccc(Br)c1)C1CCCC(F)(F)C1. The van der Waals surface area contributed by atoms with E-state index in [2.05, 4.69) is 15.9 Å². The van der Waals surface area contributed by atoms with E-state index in [0.29, 0.717) is 12.8 Å². The Balaban J connectivity index is 1.97. The van der Waals surface area contributed by atoms with Crippen LogP contribution in [-0.4, -0.2) is 12.0 Å². The van der Waals surface area contributed by atoms with Gasteiger partial charge in [-0.15, -0.1) is 0 Å².